The Morgan fingerprint density at radius 2 is 1.86 bits per heavy atom. The van der Waals surface area contributed by atoms with E-state index >= 15 is 0 Å². The molecule has 0 saturated carbocycles. The second-order valence-corrected chi connectivity index (χ2v) is 7.21. The molecule has 0 radical (unpaired) electrons. The van der Waals surface area contributed by atoms with Crippen molar-refractivity contribution in [3.63, 3.8) is 0 Å². The summed E-state index contributed by atoms with van der Waals surface area (Å²) in [6, 6.07) is 12.2. The van der Waals surface area contributed by atoms with Gasteiger partial charge in [0.2, 0.25) is 5.91 Å². The van der Waals surface area contributed by atoms with Gasteiger partial charge in [0, 0.05) is 12.7 Å². The van der Waals surface area contributed by atoms with Crippen molar-refractivity contribution in [2.75, 3.05) is 20.3 Å². The van der Waals surface area contributed by atoms with Crippen LogP contribution in [0.5, 0.6) is 6.01 Å². The van der Waals surface area contributed by atoms with Gasteiger partial charge in [-0.25, -0.2) is 4.68 Å². The summed E-state index contributed by atoms with van der Waals surface area (Å²) in [7, 11) is 1.58. The number of nitrogens with zero attached hydrogens (tertiary/aromatic N) is 3. The summed E-state index contributed by atoms with van der Waals surface area (Å²) in [5.74, 6) is -0.119. The van der Waals surface area contributed by atoms with Gasteiger partial charge in [-0.05, 0) is 35.9 Å². The molecular formula is C19H17Cl3N4O3. The number of carbonyl (C=O) groups excluding carboxylic acids is 1. The maximum Gasteiger partial charge on any atom is 0.336 e. The van der Waals surface area contributed by atoms with E-state index in [0.29, 0.717) is 45.9 Å². The van der Waals surface area contributed by atoms with Crippen LogP contribution in [-0.4, -0.2) is 41.0 Å². The fourth-order valence-electron chi connectivity index (χ4n) is 2.52. The van der Waals surface area contributed by atoms with Crippen LogP contribution >= 0.6 is 34.8 Å². The Bertz CT molecular complexity index is 1010. The van der Waals surface area contributed by atoms with Crippen LogP contribution in [0.4, 0.5) is 0 Å². The number of alkyl halides is 1. The number of primary amides is 1. The minimum Gasteiger partial charge on any atom is -0.460 e. The molecular weight excluding hydrogens is 439 g/mol. The zero-order valence-corrected chi connectivity index (χ0v) is 17.6. The summed E-state index contributed by atoms with van der Waals surface area (Å²) in [5.41, 5.74) is 7.21. The highest BCUT2D eigenvalue weighted by Gasteiger charge is 2.18. The third-order valence-electron chi connectivity index (χ3n) is 3.96. The molecule has 1 aromatic heterocycles. The van der Waals surface area contributed by atoms with E-state index in [1.54, 1.807) is 54.3 Å². The number of halogens is 3. The van der Waals surface area contributed by atoms with E-state index in [0.717, 1.165) is 0 Å². The number of amides is 1. The Labute approximate surface area is 182 Å². The van der Waals surface area contributed by atoms with E-state index in [9.17, 15) is 4.79 Å². The molecule has 152 valence electrons. The molecule has 2 N–H and O–H groups in total. The molecule has 0 aliphatic carbocycles. The van der Waals surface area contributed by atoms with Gasteiger partial charge >= 0.3 is 6.01 Å². The molecule has 0 fully saturated rings. The average Bonchev–Trinajstić information content (AvgIpc) is 3.14. The summed E-state index contributed by atoms with van der Waals surface area (Å²) in [6.45, 7) is 0.697. The van der Waals surface area contributed by atoms with Crippen LogP contribution in [0.25, 0.3) is 17.1 Å². The Morgan fingerprint density at radius 3 is 2.48 bits per heavy atom. The second kappa shape index (κ2) is 9.45. The van der Waals surface area contributed by atoms with Crippen LogP contribution in [0, 0.1) is 0 Å². The minimum absolute atomic E-state index is 0.180. The number of benzene rings is 2. The lowest BCUT2D eigenvalue weighted by Gasteiger charge is -2.09. The van der Waals surface area contributed by atoms with Gasteiger partial charge in [0.25, 0.3) is 0 Å². The van der Waals surface area contributed by atoms with Crippen molar-refractivity contribution in [1.82, 2.24) is 14.8 Å². The predicted molar refractivity (Wildman–Crippen MR) is 112 cm³/mol. The smallest absolute Gasteiger partial charge is 0.336 e. The summed E-state index contributed by atoms with van der Waals surface area (Å²) < 4.78 is 12.1. The second-order valence-electron chi connectivity index (χ2n) is 5.96. The third-order valence-corrected chi connectivity index (χ3v) is 5.17. The molecule has 3 aromatic rings. The van der Waals surface area contributed by atoms with Crippen LogP contribution in [0.15, 0.2) is 42.5 Å². The monoisotopic (exact) mass is 454 g/mol. The quantitative estimate of drug-likeness (QED) is 0.409. The van der Waals surface area contributed by atoms with Crippen molar-refractivity contribution >= 4 is 40.7 Å². The zero-order chi connectivity index (χ0) is 21.0. The number of ether oxygens (including phenoxy) is 2. The van der Waals surface area contributed by atoms with Gasteiger partial charge in [-0.3, -0.25) is 4.79 Å². The molecule has 0 bridgehead atoms. The number of methoxy groups -OCH3 is 1. The summed E-state index contributed by atoms with van der Waals surface area (Å²) in [6.07, 6.45) is 0. The average molecular weight is 456 g/mol. The van der Waals surface area contributed by atoms with E-state index in [-0.39, 0.29) is 6.01 Å². The van der Waals surface area contributed by atoms with E-state index in [4.69, 9.17) is 50.0 Å². The molecule has 1 heterocycles. The maximum atomic E-state index is 11.3. The maximum absolute atomic E-state index is 11.3. The van der Waals surface area contributed by atoms with Crippen molar-refractivity contribution in [2.24, 2.45) is 5.73 Å². The molecule has 7 nitrogen and oxygen atoms in total. The molecule has 0 spiro atoms. The topological polar surface area (TPSA) is 92.3 Å². The molecule has 0 aliphatic heterocycles. The lowest BCUT2D eigenvalue weighted by molar-refractivity contribution is -0.117. The number of hydrogen-bond acceptors (Lipinski definition) is 5. The van der Waals surface area contributed by atoms with Gasteiger partial charge in [-0.2, -0.15) is 4.98 Å². The first-order valence-electron chi connectivity index (χ1n) is 8.48. The van der Waals surface area contributed by atoms with Gasteiger partial charge in [-0.15, -0.1) is 16.7 Å². The molecule has 10 heteroatoms. The largest absolute Gasteiger partial charge is 0.460 e. The van der Waals surface area contributed by atoms with Crippen molar-refractivity contribution < 1.29 is 14.3 Å². The molecule has 1 amide bonds. The van der Waals surface area contributed by atoms with Crippen LogP contribution in [0.1, 0.15) is 10.9 Å². The van der Waals surface area contributed by atoms with Gasteiger partial charge in [-0.1, -0.05) is 35.3 Å². The van der Waals surface area contributed by atoms with Gasteiger partial charge in [0.05, 0.1) is 22.3 Å². The highest BCUT2D eigenvalue weighted by molar-refractivity contribution is 6.42. The van der Waals surface area contributed by atoms with E-state index in [1.165, 1.54) is 0 Å². The summed E-state index contributed by atoms with van der Waals surface area (Å²) in [4.78, 5) is 15.8. The van der Waals surface area contributed by atoms with Gasteiger partial charge in [0.1, 0.15) is 12.0 Å². The Balaban J connectivity index is 2.01. The van der Waals surface area contributed by atoms with Crippen LogP contribution < -0.4 is 10.5 Å². The molecule has 1 atom stereocenters. The highest BCUT2D eigenvalue weighted by atomic mass is 35.5. The normalized spacial score (nSPS) is 12.0. The summed E-state index contributed by atoms with van der Waals surface area (Å²) >= 11 is 18.2. The Morgan fingerprint density at radius 1 is 1.14 bits per heavy atom. The molecule has 1 unspecified atom stereocenters. The summed E-state index contributed by atoms with van der Waals surface area (Å²) in [5, 5.41) is 4.33. The van der Waals surface area contributed by atoms with E-state index in [2.05, 4.69) is 10.1 Å². The van der Waals surface area contributed by atoms with Crippen LogP contribution in [0.2, 0.25) is 10.0 Å². The first-order valence-corrected chi connectivity index (χ1v) is 9.68. The Hall–Kier alpha value is -2.32. The van der Waals surface area contributed by atoms with E-state index < -0.39 is 11.3 Å². The van der Waals surface area contributed by atoms with Crippen molar-refractivity contribution in [1.29, 1.82) is 0 Å². The lowest BCUT2D eigenvalue weighted by Crippen LogP contribution is -2.17. The van der Waals surface area contributed by atoms with Crippen LogP contribution in [0.3, 0.4) is 0 Å². The molecule has 0 saturated heterocycles. The van der Waals surface area contributed by atoms with Crippen molar-refractivity contribution in [2.45, 2.75) is 5.38 Å². The number of hydrogen-bond donors (Lipinski definition) is 1. The van der Waals surface area contributed by atoms with Gasteiger partial charge < -0.3 is 15.2 Å². The molecule has 3 rings (SSSR count). The third kappa shape index (κ3) is 5.00. The van der Waals surface area contributed by atoms with E-state index in [1.807, 2.05) is 0 Å². The Kier molecular flexibility index (Phi) is 6.97. The van der Waals surface area contributed by atoms with Crippen molar-refractivity contribution in [3.05, 3.63) is 58.1 Å². The number of carbonyl (C=O) groups is 1. The minimum atomic E-state index is -0.915. The number of nitrogens with two attached hydrogens (primary N) is 1. The first kappa shape index (κ1) is 21.4. The number of rotatable bonds is 8. The fraction of sp³-hybridized carbons (Fsp3) is 0.211. The molecule has 0 aliphatic rings. The zero-order valence-electron chi connectivity index (χ0n) is 15.3. The molecule has 2 aromatic carbocycles. The van der Waals surface area contributed by atoms with Crippen molar-refractivity contribution in [3.8, 4) is 23.1 Å². The number of aromatic nitrogens is 3. The lowest BCUT2D eigenvalue weighted by atomic mass is 10.1. The standard InChI is InChI=1S/C19H17Cl3N4O3/c1-28-8-9-29-19-24-18(12-4-7-14(20)15(21)10-12)26(25-19)13-5-2-11(3-6-13)16(22)17(23)27/h2-7,10,16H,8-9H2,1H3,(H2,23,27). The molecule has 29 heavy (non-hydrogen) atoms. The van der Waals surface area contributed by atoms with Crippen LogP contribution in [-0.2, 0) is 9.53 Å². The predicted octanol–water partition coefficient (Wildman–Crippen LogP) is 4.03. The fourth-order valence-corrected chi connectivity index (χ4v) is 2.97. The van der Waals surface area contributed by atoms with Gasteiger partial charge in [0.15, 0.2) is 5.82 Å². The highest BCUT2D eigenvalue weighted by Crippen LogP contribution is 2.30. The SMILES string of the molecule is COCCOc1nc(-c2ccc(Cl)c(Cl)c2)n(-c2ccc(C(Cl)C(N)=O)cc2)n1. The first-order chi connectivity index (χ1) is 13.9.